The van der Waals surface area contributed by atoms with Gasteiger partial charge in [-0.15, -0.1) is 0 Å². The Morgan fingerprint density at radius 1 is 1.05 bits per heavy atom. The molecule has 3 rings (SSSR count). The molecule has 1 fully saturated rings. The van der Waals surface area contributed by atoms with Crippen molar-refractivity contribution in [2.45, 2.75) is 39.2 Å². The van der Waals surface area contributed by atoms with E-state index in [1.807, 2.05) is 30.3 Å². The molecule has 1 aliphatic rings. The average molecular weight is 510 g/mol. The third-order valence-electron chi connectivity index (χ3n) is 5.69. The lowest BCUT2D eigenvalue weighted by atomic mass is 10.1. The molecule has 1 aromatic heterocycles. The topological polar surface area (TPSA) is 121 Å². The molecule has 2 heterocycles. The van der Waals surface area contributed by atoms with Crippen LogP contribution in [0.4, 0.5) is 4.79 Å². The van der Waals surface area contributed by atoms with Gasteiger partial charge in [-0.05, 0) is 44.9 Å². The van der Waals surface area contributed by atoms with Crippen LogP contribution in [0.25, 0.3) is 0 Å². The van der Waals surface area contributed by atoms with Crippen molar-refractivity contribution in [1.82, 2.24) is 25.4 Å². The van der Waals surface area contributed by atoms with Gasteiger partial charge >= 0.3 is 6.09 Å². The molecule has 4 amide bonds. The van der Waals surface area contributed by atoms with E-state index in [0.717, 1.165) is 5.56 Å². The number of amides is 4. The normalized spacial score (nSPS) is 13.8. The van der Waals surface area contributed by atoms with Crippen molar-refractivity contribution in [3.63, 3.8) is 0 Å². The summed E-state index contributed by atoms with van der Waals surface area (Å²) in [6, 6.07) is 12.9. The Balaban J connectivity index is 1.53. The maximum Gasteiger partial charge on any atom is 0.410 e. The minimum absolute atomic E-state index is 0.0231. The van der Waals surface area contributed by atoms with Crippen molar-refractivity contribution < 1.29 is 23.9 Å². The van der Waals surface area contributed by atoms with Crippen LogP contribution in [0.2, 0.25) is 0 Å². The number of piperazine rings is 1. The summed E-state index contributed by atoms with van der Waals surface area (Å²) in [6.07, 6.45) is 0.546. The van der Waals surface area contributed by atoms with E-state index in [1.165, 1.54) is 18.0 Å². The highest BCUT2D eigenvalue weighted by atomic mass is 16.6. The summed E-state index contributed by atoms with van der Waals surface area (Å²) in [5.41, 5.74) is 1.54. The van der Waals surface area contributed by atoms with Crippen molar-refractivity contribution in [2.24, 2.45) is 0 Å². The molecule has 10 heteroatoms. The van der Waals surface area contributed by atoms with Crippen LogP contribution in [0.5, 0.6) is 0 Å². The summed E-state index contributed by atoms with van der Waals surface area (Å²) in [5.74, 6) is -0.839. The zero-order valence-electron chi connectivity index (χ0n) is 21.9. The van der Waals surface area contributed by atoms with Gasteiger partial charge < -0.3 is 20.3 Å². The number of carbonyl (C=O) groups is 4. The Hall–Kier alpha value is -3.95. The summed E-state index contributed by atoms with van der Waals surface area (Å²) in [6.45, 7) is 6.95. The number of hydrogen-bond acceptors (Lipinski definition) is 6. The molecule has 10 nitrogen and oxygen atoms in total. The van der Waals surface area contributed by atoms with E-state index in [4.69, 9.17) is 4.74 Å². The third-order valence-corrected chi connectivity index (χ3v) is 5.69. The summed E-state index contributed by atoms with van der Waals surface area (Å²) >= 11 is 0. The summed E-state index contributed by atoms with van der Waals surface area (Å²) in [4.78, 5) is 57.3. The molecule has 2 N–H and O–H groups in total. The largest absolute Gasteiger partial charge is 0.444 e. The van der Waals surface area contributed by atoms with Gasteiger partial charge in [0.25, 0.3) is 11.8 Å². The second kappa shape index (κ2) is 12.3. The van der Waals surface area contributed by atoms with E-state index in [9.17, 15) is 19.2 Å². The lowest BCUT2D eigenvalue weighted by Crippen LogP contribution is -2.53. The Labute approximate surface area is 217 Å². The zero-order chi connectivity index (χ0) is 27.0. The Bertz CT molecular complexity index is 1130. The van der Waals surface area contributed by atoms with Crippen molar-refractivity contribution in [2.75, 3.05) is 39.8 Å². The van der Waals surface area contributed by atoms with Crippen LogP contribution in [-0.2, 0) is 16.0 Å². The number of rotatable bonds is 8. The Morgan fingerprint density at radius 2 is 1.78 bits per heavy atom. The molecule has 2 aromatic rings. The molecule has 0 aliphatic carbocycles. The molecule has 0 saturated carbocycles. The number of carbonyl (C=O) groups excluding carboxylic acids is 4. The molecular weight excluding hydrogens is 474 g/mol. The molecule has 37 heavy (non-hydrogen) atoms. The van der Waals surface area contributed by atoms with Crippen molar-refractivity contribution in [1.29, 1.82) is 0 Å². The molecule has 0 unspecified atom stereocenters. The Kier molecular flexibility index (Phi) is 9.21. The third kappa shape index (κ3) is 8.30. The van der Waals surface area contributed by atoms with Gasteiger partial charge in [-0.3, -0.25) is 19.3 Å². The number of aromatic nitrogens is 1. The number of nitrogens with zero attached hydrogens (tertiary/aromatic N) is 3. The van der Waals surface area contributed by atoms with E-state index in [0.29, 0.717) is 50.3 Å². The second-order valence-corrected chi connectivity index (χ2v) is 9.87. The van der Waals surface area contributed by atoms with Crippen molar-refractivity contribution in [3.05, 3.63) is 65.0 Å². The van der Waals surface area contributed by atoms with Gasteiger partial charge in [0, 0.05) is 50.9 Å². The maximum absolute atomic E-state index is 12.9. The lowest BCUT2D eigenvalue weighted by Gasteiger charge is -2.35. The summed E-state index contributed by atoms with van der Waals surface area (Å²) in [5, 5.41) is 5.41. The molecule has 1 aromatic carbocycles. The average Bonchev–Trinajstić information content (AvgIpc) is 2.86. The molecule has 198 valence electrons. The van der Waals surface area contributed by atoms with Gasteiger partial charge in [-0.25, -0.2) is 9.78 Å². The Morgan fingerprint density at radius 3 is 2.43 bits per heavy atom. The van der Waals surface area contributed by atoms with Gasteiger partial charge in [0.1, 0.15) is 17.8 Å². The first-order valence-corrected chi connectivity index (χ1v) is 12.4. The van der Waals surface area contributed by atoms with Crippen LogP contribution in [-0.4, -0.2) is 84.0 Å². The number of benzene rings is 1. The van der Waals surface area contributed by atoms with E-state index < -0.39 is 11.7 Å². The van der Waals surface area contributed by atoms with Crippen LogP contribution in [0.1, 0.15) is 59.3 Å². The zero-order valence-corrected chi connectivity index (χ0v) is 21.9. The summed E-state index contributed by atoms with van der Waals surface area (Å²) in [7, 11) is 1.52. The number of ether oxygens (including phenoxy) is 1. The summed E-state index contributed by atoms with van der Waals surface area (Å²) < 4.78 is 5.34. The van der Waals surface area contributed by atoms with Gasteiger partial charge in [0.15, 0.2) is 0 Å². The highest BCUT2D eigenvalue weighted by molar-refractivity contribution is 5.98. The molecule has 1 saturated heterocycles. The predicted molar refractivity (Wildman–Crippen MR) is 138 cm³/mol. The molecule has 1 aliphatic heterocycles. The fraction of sp³-hybridized carbons (Fsp3) is 0.444. The first kappa shape index (κ1) is 27.6. The first-order valence-electron chi connectivity index (χ1n) is 12.4. The van der Waals surface area contributed by atoms with E-state index in [-0.39, 0.29) is 30.0 Å². The minimum Gasteiger partial charge on any atom is -0.444 e. The van der Waals surface area contributed by atoms with Gasteiger partial charge in [-0.2, -0.15) is 0 Å². The van der Waals surface area contributed by atoms with Crippen LogP contribution >= 0.6 is 0 Å². The highest BCUT2D eigenvalue weighted by Crippen LogP contribution is 2.14. The predicted octanol–water partition coefficient (Wildman–Crippen LogP) is 2.23. The maximum atomic E-state index is 12.9. The number of nitrogens with one attached hydrogen (secondary N) is 2. The first-order chi connectivity index (χ1) is 17.6. The van der Waals surface area contributed by atoms with Gasteiger partial charge in [0.05, 0.1) is 0 Å². The fourth-order valence-electron chi connectivity index (χ4n) is 3.86. The standard InChI is InChI=1S/C27H35N5O5/c1-27(2,3)37-26(36)32-14-13-31(23(33)18-32)12-8-11-29-24(34)20-16-21(15-19-9-6-5-7-10-19)30-22(17-20)25(35)28-4/h5-7,9-10,16-17H,8,11-15,18H2,1-4H3,(H,28,35)(H,29,34). The molecule has 0 spiro atoms. The van der Waals surface area contributed by atoms with Crippen LogP contribution in [0.3, 0.4) is 0 Å². The second-order valence-electron chi connectivity index (χ2n) is 9.87. The monoisotopic (exact) mass is 509 g/mol. The van der Waals surface area contributed by atoms with Gasteiger partial charge in [-0.1, -0.05) is 30.3 Å². The SMILES string of the molecule is CNC(=O)c1cc(C(=O)NCCCN2CCN(C(=O)OC(C)(C)C)CC2=O)cc(Cc2ccccc2)n1. The van der Waals surface area contributed by atoms with Crippen LogP contribution in [0.15, 0.2) is 42.5 Å². The molecule has 0 atom stereocenters. The molecule has 0 bridgehead atoms. The minimum atomic E-state index is -0.617. The van der Waals surface area contributed by atoms with E-state index in [1.54, 1.807) is 31.7 Å². The number of hydrogen-bond donors (Lipinski definition) is 2. The van der Waals surface area contributed by atoms with Crippen molar-refractivity contribution >= 4 is 23.8 Å². The van der Waals surface area contributed by atoms with Crippen molar-refractivity contribution in [3.8, 4) is 0 Å². The van der Waals surface area contributed by atoms with Gasteiger partial charge in [0.2, 0.25) is 5.91 Å². The number of pyridine rings is 1. The van der Waals surface area contributed by atoms with Crippen LogP contribution < -0.4 is 10.6 Å². The fourth-order valence-corrected chi connectivity index (χ4v) is 3.86. The smallest absolute Gasteiger partial charge is 0.410 e. The molecule has 0 radical (unpaired) electrons. The van der Waals surface area contributed by atoms with Crippen LogP contribution in [0, 0.1) is 0 Å². The highest BCUT2D eigenvalue weighted by Gasteiger charge is 2.30. The molecular formula is C27H35N5O5. The lowest BCUT2D eigenvalue weighted by molar-refractivity contribution is -0.135. The van der Waals surface area contributed by atoms with E-state index >= 15 is 0 Å². The van der Waals surface area contributed by atoms with E-state index in [2.05, 4.69) is 15.6 Å². The quantitative estimate of drug-likeness (QED) is 0.527.